The minimum atomic E-state index is -0.0646. The monoisotopic (exact) mass is 315 g/mol. The van der Waals surface area contributed by atoms with Gasteiger partial charge in [0.2, 0.25) is 0 Å². The summed E-state index contributed by atoms with van der Waals surface area (Å²) in [6.45, 7) is 1.68. The number of carbonyl (C=O) groups excluding carboxylic acids is 1. The van der Waals surface area contributed by atoms with Crippen molar-refractivity contribution in [2.45, 2.75) is 6.04 Å². The number of aromatic nitrogens is 3. The quantitative estimate of drug-likeness (QED) is 0.879. The third-order valence-electron chi connectivity index (χ3n) is 2.89. The van der Waals surface area contributed by atoms with Crippen molar-refractivity contribution in [1.82, 2.24) is 25.2 Å². The summed E-state index contributed by atoms with van der Waals surface area (Å²) < 4.78 is 1.77. The fraction of sp³-hybridized carbons (Fsp3) is 0.250. The van der Waals surface area contributed by atoms with Gasteiger partial charge in [0.15, 0.2) is 0 Å². The maximum Gasteiger partial charge on any atom is 0.251 e. The fourth-order valence-corrected chi connectivity index (χ4v) is 1.75. The number of carbonyl (C=O) groups is 1. The van der Waals surface area contributed by atoms with Crippen molar-refractivity contribution in [3.05, 3.63) is 42.6 Å². The maximum absolute atomic E-state index is 12.0. The number of imidazole rings is 1. The zero-order chi connectivity index (χ0) is 12.4. The van der Waals surface area contributed by atoms with Gasteiger partial charge in [-0.05, 0) is 12.1 Å². The van der Waals surface area contributed by atoms with Crippen molar-refractivity contribution >= 4 is 30.7 Å². The van der Waals surface area contributed by atoms with Gasteiger partial charge in [-0.3, -0.25) is 9.36 Å². The van der Waals surface area contributed by atoms with E-state index in [-0.39, 0.29) is 36.8 Å². The number of amides is 1. The second-order valence-electron chi connectivity index (χ2n) is 4.20. The highest BCUT2D eigenvalue weighted by Gasteiger charge is 2.19. The van der Waals surface area contributed by atoms with Gasteiger partial charge >= 0.3 is 0 Å². The first-order chi connectivity index (χ1) is 8.83. The molecule has 2 N–H and O–H groups in total. The molecule has 6 nitrogen and oxygen atoms in total. The predicted octanol–water partition coefficient (Wildman–Crippen LogP) is 0.812. The molecule has 0 bridgehead atoms. The number of hydrogen-bond donors (Lipinski definition) is 2. The summed E-state index contributed by atoms with van der Waals surface area (Å²) in [5.41, 5.74) is 0.612. The first-order valence-electron chi connectivity index (χ1n) is 5.79. The van der Waals surface area contributed by atoms with E-state index in [1.54, 1.807) is 41.6 Å². The molecule has 8 heteroatoms. The maximum atomic E-state index is 12.0. The average molecular weight is 316 g/mol. The van der Waals surface area contributed by atoms with Crippen LogP contribution in [0.1, 0.15) is 10.4 Å². The van der Waals surface area contributed by atoms with Crippen molar-refractivity contribution in [3.63, 3.8) is 0 Å². The average Bonchev–Trinajstić information content (AvgIpc) is 2.87. The largest absolute Gasteiger partial charge is 0.347 e. The van der Waals surface area contributed by atoms with E-state index in [2.05, 4.69) is 20.6 Å². The van der Waals surface area contributed by atoms with E-state index >= 15 is 0 Å². The Kier molecular flexibility index (Phi) is 5.94. The molecule has 0 radical (unpaired) electrons. The fourth-order valence-electron chi connectivity index (χ4n) is 1.75. The Balaban J connectivity index is 0.000001000. The van der Waals surface area contributed by atoms with E-state index in [1.807, 2.05) is 0 Å². The molecule has 1 fully saturated rings. The molecule has 1 aliphatic heterocycles. The van der Waals surface area contributed by atoms with E-state index in [9.17, 15) is 4.79 Å². The smallest absolute Gasteiger partial charge is 0.251 e. The van der Waals surface area contributed by atoms with E-state index in [0.29, 0.717) is 11.4 Å². The van der Waals surface area contributed by atoms with Crippen LogP contribution < -0.4 is 10.6 Å². The highest BCUT2D eigenvalue weighted by molar-refractivity contribution is 5.94. The van der Waals surface area contributed by atoms with Gasteiger partial charge in [-0.1, -0.05) is 0 Å². The second kappa shape index (κ2) is 7.23. The highest BCUT2D eigenvalue weighted by atomic mass is 35.5. The highest BCUT2D eigenvalue weighted by Crippen LogP contribution is 2.07. The Bertz CT molecular complexity index is 557. The molecule has 2 aromatic rings. The second-order valence-corrected chi connectivity index (χ2v) is 4.20. The Morgan fingerprint density at radius 1 is 1.35 bits per heavy atom. The van der Waals surface area contributed by atoms with Gasteiger partial charge in [-0.2, -0.15) is 0 Å². The first-order valence-corrected chi connectivity index (χ1v) is 5.79. The molecule has 1 amide bonds. The van der Waals surface area contributed by atoms with Gasteiger partial charge in [0, 0.05) is 37.2 Å². The van der Waals surface area contributed by atoms with Crippen LogP contribution in [0.5, 0.6) is 0 Å². The molecular weight excluding hydrogens is 301 g/mol. The van der Waals surface area contributed by atoms with Gasteiger partial charge in [0.1, 0.15) is 12.1 Å². The minimum Gasteiger partial charge on any atom is -0.347 e. The van der Waals surface area contributed by atoms with Crippen LogP contribution in [-0.2, 0) is 0 Å². The summed E-state index contributed by atoms with van der Waals surface area (Å²) in [4.78, 5) is 20.1. The summed E-state index contributed by atoms with van der Waals surface area (Å²) in [6.07, 6.45) is 6.75. The molecule has 0 saturated carbocycles. The Hall–Kier alpha value is -1.63. The molecule has 0 atom stereocenters. The van der Waals surface area contributed by atoms with Crippen LogP contribution in [0.15, 0.2) is 37.1 Å². The summed E-state index contributed by atoms with van der Waals surface area (Å²) in [5, 5.41) is 6.06. The van der Waals surface area contributed by atoms with Crippen LogP contribution in [0.2, 0.25) is 0 Å². The Labute approximate surface area is 128 Å². The number of pyridine rings is 1. The van der Waals surface area contributed by atoms with Crippen LogP contribution in [0.4, 0.5) is 0 Å². The molecule has 2 aromatic heterocycles. The summed E-state index contributed by atoms with van der Waals surface area (Å²) >= 11 is 0. The number of rotatable bonds is 3. The van der Waals surface area contributed by atoms with Crippen LogP contribution >= 0.6 is 24.8 Å². The van der Waals surface area contributed by atoms with E-state index in [0.717, 1.165) is 13.1 Å². The van der Waals surface area contributed by atoms with Gasteiger partial charge in [0.25, 0.3) is 5.91 Å². The molecule has 20 heavy (non-hydrogen) atoms. The van der Waals surface area contributed by atoms with Crippen LogP contribution in [0.3, 0.4) is 0 Å². The van der Waals surface area contributed by atoms with Crippen molar-refractivity contribution < 1.29 is 4.79 Å². The van der Waals surface area contributed by atoms with E-state index < -0.39 is 0 Å². The van der Waals surface area contributed by atoms with E-state index in [4.69, 9.17) is 0 Å². The van der Waals surface area contributed by atoms with Gasteiger partial charge in [-0.15, -0.1) is 24.8 Å². The molecule has 0 unspecified atom stereocenters. The van der Waals surface area contributed by atoms with Crippen molar-refractivity contribution in [2.24, 2.45) is 0 Å². The lowest BCUT2D eigenvalue weighted by Crippen LogP contribution is -2.56. The molecule has 1 aliphatic rings. The van der Waals surface area contributed by atoms with Crippen LogP contribution in [0, 0.1) is 0 Å². The molecule has 0 aliphatic carbocycles. The van der Waals surface area contributed by atoms with Gasteiger partial charge in [0.05, 0.1) is 6.04 Å². The third kappa shape index (κ3) is 3.47. The number of halogens is 2. The molecule has 3 heterocycles. The molecule has 1 saturated heterocycles. The van der Waals surface area contributed by atoms with Crippen molar-refractivity contribution in [2.75, 3.05) is 13.1 Å². The molecule has 108 valence electrons. The third-order valence-corrected chi connectivity index (χ3v) is 2.89. The Morgan fingerprint density at radius 2 is 2.15 bits per heavy atom. The van der Waals surface area contributed by atoms with Crippen molar-refractivity contribution in [3.8, 4) is 5.82 Å². The van der Waals surface area contributed by atoms with Crippen LogP contribution in [0.25, 0.3) is 5.82 Å². The topological polar surface area (TPSA) is 71.8 Å². The van der Waals surface area contributed by atoms with Crippen LogP contribution in [-0.4, -0.2) is 39.6 Å². The first kappa shape index (κ1) is 16.4. The van der Waals surface area contributed by atoms with Crippen molar-refractivity contribution in [1.29, 1.82) is 0 Å². The number of nitrogens with zero attached hydrogens (tertiary/aromatic N) is 3. The molecule has 0 spiro atoms. The lowest BCUT2D eigenvalue weighted by atomic mass is 10.1. The molecule has 0 aromatic carbocycles. The summed E-state index contributed by atoms with van der Waals surface area (Å²) in [6, 6.07) is 3.70. The standard InChI is InChI=1S/C12H13N5O.2ClH/c18-12(16-10-6-14-7-10)9-1-2-15-11(5-9)17-4-3-13-8-17;;/h1-5,8,10,14H,6-7H2,(H,16,18);2*1H. The molecular formula is C12H15Cl2N5O. The summed E-state index contributed by atoms with van der Waals surface area (Å²) in [7, 11) is 0. The zero-order valence-corrected chi connectivity index (χ0v) is 12.2. The molecule has 3 rings (SSSR count). The number of nitrogens with one attached hydrogen (secondary N) is 2. The summed E-state index contributed by atoms with van der Waals surface area (Å²) in [5.74, 6) is 0.622. The normalized spacial score (nSPS) is 13.6. The van der Waals surface area contributed by atoms with Gasteiger partial charge < -0.3 is 10.6 Å². The SMILES string of the molecule is Cl.Cl.O=C(NC1CNC1)c1ccnc(-n2ccnc2)c1. The lowest BCUT2D eigenvalue weighted by Gasteiger charge is -2.27. The minimum absolute atomic E-state index is 0. The van der Waals surface area contributed by atoms with Gasteiger partial charge in [-0.25, -0.2) is 9.97 Å². The zero-order valence-electron chi connectivity index (χ0n) is 10.5. The lowest BCUT2D eigenvalue weighted by molar-refractivity contribution is 0.0924. The Morgan fingerprint density at radius 3 is 2.75 bits per heavy atom. The number of hydrogen-bond acceptors (Lipinski definition) is 4. The van der Waals surface area contributed by atoms with E-state index in [1.165, 1.54) is 0 Å². The predicted molar refractivity (Wildman–Crippen MR) is 80.0 cm³/mol.